The summed E-state index contributed by atoms with van der Waals surface area (Å²) in [4.78, 5) is 62.3. The van der Waals surface area contributed by atoms with Crippen LogP contribution in [0.25, 0.3) is 0 Å². The first-order chi connectivity index (χ1) is 22.4. The maximum atomic E-state index is 16.0. The average Bonchev–Trinajstić information content (AvgIpc) is 3.22. The highest BCUT2D eigenvalue weighted by Gasteiger charge is 2.54. The molecule has 2 unspecified atom stereocenters. The van der Waals surface area contributed by atoms with Crippen molar-refractivity contribution < 1.29 is 51.7 Å². The molecule has 0 aliphatic carbocycles. The average molecular weight is 829 g/mol. The maximum Gasteiger partial charge on any atom is 0.513 e. The number of thiol groups is 1. The Balaban J connectivity index is 1.88. The molecule has 3 rings (SSSR count). The molecule has 0 saturated carbocycles. The Morgan fingerprint density at radius 1 is 1.17 bits per heavy atom. The fourth-order valence-corrected chi connectivity index (χ4v) is 6.23. The van der Waals surface area contributed by atoms with Crippen molar-refractivity contribution >= 4 is 60.8 Å². The molecule has 3 N–H and O–H groups in total. The van der Waals surface area contributed by atoms with Gasteiger partial charge >= 0.3 is 25.4 Å². The monoisotopic (exact) mass is 828 g/mol. The van der Waals surface area contributed by atoms with E-state index in [-0.39, 0.29) is 5.75 Å². The number of carbonyl (C=O) groups is 3. The Hall–Kier alpha value is -3.39. The van der Waals surface area contributed by atoms with E-state index in [1.165, 1.54) is 48.6 Å². The van der Waals surface area contributed by atoms with Gasteiger partial charge < -0.3 is 33.7 Å². The number of aromatic nitrogens is 2. The lowest BCUT2D eigenvalue weighted by atomic mass is 10.0. The molecule has 2 aromatic rings. The Labute approximate surface area is 293 Å². The topological polar surface area (TPSA) is 203 Å². The predicted octanol–water partition coefficient (Wildman–Crippen LogP) is 2.47. The Morgan fingerprint density at radius 3 is 2.42 bits per heavy atom. The quantitative estimate of drug-likeness (QED) is 0.0541. The molecule has 2 heterocycles. The van der Waals surface area contributed by atoms with Crippen LogP contribution in [0.3, 0.4) is 0 Å². The third-order valence-corrected chi connectivity index (χ3v) is 8.96. The zero-order chi connectivity index (χ0) is 36.0. The van der Waals surface area contributed by atoms with Gasteiger partial charge in [0.05, 0.1) is 11.4 Å². The summed E-state index contributed by atoms with van der Waals surface area (Å²) < 4.78 is 56.0. The SMILES string of the molecule is CC(C)OC(=O)[C@H](C)N[P@](=O)(O/C=C1/O[C@@H](n2ccc(=O)n(C(I)OC(=O)CNC(=O)C(C)S)c2=O)[C@](C)(F)[C@@H]1O)Oc1ccccc1. The maximum absolute atomic E-state index is 16.0. The van der Waals surface area contributed by atoms with Crippen LogP contribution in [0, 0.1) is 0 Å². The molecular weight excluding hydrogens is 793 g/mol. The summed E-state index contributed by atoms with van der Waals surface area (Å²) in [6.45, 7) is 6.37. The van der Waals surface area contributed by atoms with Gasteiger partial charge in [-0.15, -0.1) is 0 Å². The first-order valence-corrected chi connectivity index (χ1v) is 17.5. The minimum Gasteiger partial charge on any atom is -0.465 e. The second-order valence-corrected chi connectivity index (χ2v) is 14.3. The van der Waals surface area contributed by atoms with Crippen LogP contribution in [0.15, 0.2) is 64.2 Å². The molecule has 16 nitrogen and oxygen atoms in total. The minimum atomic E-state index is -4.51. The number of carbonyl (C=O) groups excluding carboxylic acids is 3. The van der Waals surface area contributed by atoms with E-state index < -0.39 is 88.8 Å². The highest BCUT2D eigenvalue weighted by atomic mass is 127. The number of aliphatic hydroxyl groups is 1. The summed E-state index contributed by atoms with van der Waals surface area (Å²) in [5.74, 6) is -2.90. The van der Waals surface area contributed by atoms with Crippen LogP contribution in [-0.2, 0) is 37.7 Å². The summed E-state index contributed by atoms with van der Waals surface area (Å²) in [5, 5.41) is 14.8. The summed E-state index contributed by atoms with van der Waals surface area (Å²) in [7, 11) is -4.51. The molecule has 0 spiro atoms. The van der Waals surface area contributed by atoms with Gasteiger partial charge in [-0.25, -0.2) is 18.3 Å². The van der Waals surface area contributed by atoms with E-state index in [1.54, 1.807) is 32.0 Å². The summed E-state index contributed by atoms with van der Waals surface area (Å²) in [6.07, 6.45) is -2.98. The standard InChI is InChI=1S/C28H35FIN4O12PS/c1-15(2)43-24(39)16(3)32-47(41,46-18-9-7-6-8-10-18)42-14-19-22(37)28(5,29)25(44-19)33-12-11-20(35)34(27(33)40)26(30)45-21(36)13-31-23(38)17(4)48/h6-12,14-17,22,25-26,37,48H,13H2,1-5H3,(H,31,38)(H,32,41)/b19-14+/t16-,17?,22+,25+,26?,28+,47-/m0/s1. The van der Waals surface area contributed by atoms with Gasteiger partial charge in [0.2, 0.25) is 16.4 Å². The van der Waals surface area contributed by atoms with E-state index in [9.17, 15) is 33.6 Å². The van der Waals surface area contributed by atoms with Crippen LogP contribution in [0.5, 0.6) is 5.75 Å². The second-order valence-electron chi connectivity index (χ2n) is 10.8. The van der Waals surface area contributed by atoms with Gasteiger partial charge in [0.1, 0.15) is 24.6 Å². The largest absolute Gasteiger partial charge is 0.513 e. The number of para-hydroxylation sites is 1. The van der Waals surface area contributed by atoms with Crippen molar-refractivity contribution in [2.75, 3.05) is 6.54 Å². The van der Waals surface area contributed by atoms with Crippen LogP contribution in [0.1, 0.15) is 45.1 Å². The number of hydrogen-bond donors (Lipinski definition) is 4. The van der Waals surface area contributed by atoms with Crippen LogP contribution in [-0.4, -0.2) is 67.8 Å². The number of amides is 1. The van der Waals surface area contributed by atoms with E-state index in [1.807, 2.05) is 0 Å². The molecule has 1 fully saturated rings. The van der Waals surface area contributed by atoms with E-state index in [4.69, 9.17) is 23.3 Å². The van der Waals surface area contributed by atoms with Crippen molar-refractivity contribution in [2.24, 2.45) is 0 Å². The van der Waals surface area contributed by atoms with Gasteiger partial charge in [-0.2, -0.15) is 17.7 Å². The number of esters is 2. The lowest BCUT2D eigenvalue weighted by Crippen LogP contribution is -2.47. The summed E-state index contributed by atoms with van der Waals surface area (Å²) in [6, 6.07) is 7.40. The molecule has 1 aromatic carbocycles. The van der Waals surface area contributed by atoms with Gasteiger partial charge in [0, 0.05) is 12.3 Å². The zero-order valence-electron chi connectivity index (χ0n) is 26.3. The molecule has 7 atom stereocenters. The fourth-order valence-electron chi connectivity index (χ4n) is 3.97. The van der Waals surface area contributed by atoms with Crippen molar-refractivity contribution in [3.05, 3.63) is 75.5 Å². The molecule has 264 valence electrons. The lowest BCUT2D eigenvalue weighted by molar-refractivity contribution is -0.149. The van der Waals surface area contributed by atoms with E-state index >= 15 is 4.39 Å². The smallest absolute Gasteiger partial charge is 0.465 e. The molecule has 20 heteroatoms. The first kappa shape index (κ1) is 39.1. The zero-order valence-corrected chi connectivity index (χ0v) is 30.2. The lowest BCUT2D eigenvalue weighted by Gasteiger charge is -2.25. The number of benzene rings is 1. The van der Waals surface area contributed by atoms with Crippen LogP contribution in [0.4, 0.5) is 4.39 Å². The Bertz CT molecular complexity index is 1690. The highest BCUT2D eigenvalue weighted by Crippen LogP contribution is 2.48. The van der Waals surface area contributed by atoms with Gasteiger partial charge in [0.15, 0.2) is 17.5 Å². The molecular formula is C28H35FIN4O12PS. The van der Waals surface area contributed by atoms with Gasteiger partial charge in [0.25, 0.3) is 5.56 Å². The normalized spacial score (nSPS) is 22.9. The fraction of sp³-hybridized carbons (Fsp3) is 0.464. The first-order valence-electron chi connectivity index (χ1n) is 14.2. The van der Waals surface area contributed by atoms with Crippen molar-refractivity contribution in [1.82, 2.24) is 19.5 Å². The molecule has 0 bridgehead atoms. The number of rotatable bonds is 14. The van der Waals surface area contributed by atoms with Crippen molar-refractivity contribution in [2.45, 2.75) is 74.2 Å². The number of nitrogens with zero attached hydrogens (tertiary/aromatic N) is 2. The number of nitrogens with one attached hydrogen (secondary N) is 2. The molecule has 48 heavy (non-hydrogen) atoms. The number of alkyl halides is 2. The Kier molecular flexibility index (Phi) is 13.3. The van der Waals surface area contributed by atoms with Crippen LogP contribution in [0.2, 0.25) is 0 Å². The number of aliphatic hydroxyl groups excluding tert-OH is 1. The Morgan fingerprint density at radius 2 is 1.81 bits per heavy atom. The van der Waals surface area contributed by atoms with E-state index in [0.717, 1.165) is 19.2 Å². The third-order valence-electron chi connectivity index (χ3n) is 6.38. The second kappa shape index (κ2) is 16.3. The molecule has 1 aliphatic heterocycles. The minimum absolute atomic E-state index is 0.0683. The van der Waals surface area contributed by atoms with E-state index in [2.05, 4.69) is 23.0 Å². The predicted molar refractivity (Wildman–Crippen MR) is 179 cm³/mol. The van der Waals surface area contributed by atoms with Gasteiger partial charge in [-0.3, -0.25) is 23.7 Å². The van der Waals surface area contributed by atoms with Crippen LogP contribution < -0.4 is 26.2 Å². The van der Waals surface area contributed by atoms with Crippen molar-refractivity contribution in [3.63, 3.8) is 0 Å². The summed E-state index contributed by atoms with van der Waals surface area (Å²) >= 11 is 5.41. The highest BCUT2D eigenvalue weighted by molar-refractivity contribution is 14.1. The molecule has 1 amide bonds. The van der Waals surface area contributed by atoms with Crippen LogP contribution >= 0.6 is 43.0 Å². The molecule has 1 aromatic heterocycles. The van der Waals surface area contributed by atoms with Gasteiger partial charge in [-0.05, 0) is 69.3 Å². The van der Waals surface area contributed by atoms with Crippen molar-refractivity contribution in [1.29, 1.82) is 0 Å². The summed E-state index contributed by atoms with van der Waals surface area (Å²) in [5.41, 5.74) is -4.87. The number of ether oxygens (including phenoxy) is 3. The number of hydrogen-bond acceptors (Lipinski definition) is 13. The molecule has 1 saturated heterocycles. The third kappa shape index (κ3) is 9.83. The molecule has 1 aliphatic rings. The molecule has 0 radical (unpaired) electrons. The van der Waals surface area contributed by atoms with Gasteiger partial charge in [-0.1, -0.05) is 18.2 Å². The van der Waals surface area contributed by atoms with E-state index in [0.29, 0.717) is 15.4 Å². The van der Waals surface area contributed by atoms with Crippen molar-refractivity contribution in [3.8, 4) is 5.75 Å². The number of halogens is 2.